The molecule has 0 saturated carbocycles. The molecule has 0 spiro atoms. The van der Waals surface area contributed by atoms with E-state index in [2.05, 4.69) is 29.5 Å². The number of halogens is 1. The average molecular weight is 437 g/mol. The van der Waals surface area contributed by atoms with E-state index in [4.69, 9.17) is 4.99 Å². The van der Waals surface area contributed by atoms with Crippen molar-refractivity contribution in [3.8, 4) is 0 Å². The highest BCUT2D eigenvalue weighted by Crippen LogP contribution is 2.14. The average Bonchev–Trinajstić information content (AvgIpc) is 3.09. The minimum atomic E-state index is 0. The van der Waals surface area contributed by atoms with Crippen LogP contribution < -0.4 is 10.6 Å². The summed E-state index contributed by atoms with van der Waals surface area (Å²) in [6, 6.07) is 0. The van der Waals surface area contributed by atoms with Crippen LogP contribution in [0.5, 0.6) is 0 Å². The Morgan fingerprint density at radius 2 is 2.17 bits per heavy atom. The molecule has 1 amide bonds. The number of rotatable bonds is 7. The Hall–Kier alpha value is -0.570. The maximum absolute atomic E-state index is 11.5. The van der Waals surface area contributed by atoms with Crippen molar-refractivity contribution in [1.29, 1.82) is 0 Å². The maximum atomic E-state index is 11.5. The number of hydrogen-bond acceptors (Lipinski definition) is 3. The zero-order valence-electron chi connectivity index (χ0n) is 14.5. The minimum Gasteiger partial charge on any atom is -0.357 e. The first kappa shape index (κ1) is 20.5. The highest BCUT2D eigenvalue weighted by molar-refractivity contribution is 14.0. The van der Waals surface area contributed by atoms with Crippen LogP contribution >= 0.6 is 24.0 Å². The van der Waals surface area contributed by atoms with Crippen LogP contribution in [0.4, 0.5) is 0 Å². The molecule has 2 saturated heterocycles. The molecule has 2 rings (SSSR count). The molecule has 0 aromatic rings. The Balaban J connectivity index is 0.00000264. The van der Waals surface area contributed by atoms with Crippen molar-refractivity contribution >= 4 is 35.8 Å². The van der Waals surface area contributed by atoms with Crippen molar-refractivity contribution in [1.82, 2.24) is 20.4 Å². The van der Waals surface area contributed by atoms with Gasteiger partial charge in [-0.25, -0.2) is 0 Å². The standard InChI is InChI=1S/C16H31N5O.HI/c1-3-17-16(19-12-14-7-11-20(2)13-14)18-8-5-10-21-9-4-6-15(21)22;/h14H,3-13H2,1-2H3,(H2,17,18,19);1H. The molecule has 6 nitrogen and oxygen atoms in total. The summed E-state index contributed by atoms with van der Waals surface area (Å²) in [5, 5.41) is 6.68. The van der Waals surface area contributed by atoms with Crippen molar-refractivity contribution in [2.24, 2.45) is 10.9 Å². The van der Waals surface area contributed by atoms with E-state index in [0.717, 1.165) is 64.5 Å². The molecule has 1 unspecified atom stereocenters. The lowest BCUT2D eigenvalue weighted by molar-refractivity contribution is -0.127. The molecule has 2 fully saturated rings. The Bertz CT molecular complexity index is 391. The fraction of sp³-hybridized carbons (Fsp3) is 0.875. The molecule has 0 radical (unpaired) electrons. The summed E-state index contributed by atoms with van der Waals surface area (Å²) in [7, 11) is 2.17. The molecule has 7 heteroatoms. The zero-order valence-corrected chi connectivity index (χ0v) is 16.8. The number of nitrogens with zero attached hydrogens (tertiary/aromatic N) is 3. The third-order valence-corrected chi connectivity index (χ3v) is 4.41. The van der Waals surface area contributed by atoms with Gasteiger partial charge in [-0.1, -0.05) is 0 Å². The third kappa shape index (κ3) is 7.24. The van der Waals surface area contributed by atoms with E-state index in [9.17, 15) is 4.79 Å². The first-order valence-electron chi connectivity index (χ1n) is 8.67. The number of guanidine groups is 1. The van der Waals surface area contributed by atoms with Crippen molar-refractivity contribution < 1.29 is 4.79 Å². The Morgan fingerprint density at radius 3 is 2.78 bits per heavy atom. The van der Waals surface area contributed by atoms with Gasteiger partial charge < -0.3 is 20.4 Å². The zero-order chi connectivity index (χ0) is 15.8. The molecule has 0 aliphatic carbocycles. The number of carbonyl (C=O) groups excluding carboxylic acids is 1. The lowest BCUT2D eigenvalue weighted by atomic mass is 10.1. The Kier molecular flexibility index (Phi) is 9.85. The highest BCUT2D eigenvalue weighted by Gasteiger charge is 2.20. The van der Waals surface area contributed by atoms with Gasteiger partial charge in [-0.3, -0.25) is 9.79 Å². The van der Waals surface area contributed by atoms with Gasteiger partial charge in [0.05, 0.1) is 0 Å². The largest absolute Gasteiger partial charge is 0.357 e. The van der Waals surface area contributed by atoms with Crippen LogP contribution in [0, 0.1) is 5.92 Å². The van der Waals surface area contributed by atoms with Crippen LogP contribution in [0.25, 0.3) is 0 Å². The van der Waals surface area contributed by atoms with E-state index in [1.807, 2.05) is 4.90 Å². The molecule has 2 aliphatic heterocycles. The summed E-state index contributed by atoms with van der Waals surface area (Å²) in [6.45, 7) is 8.85. The number of nitrogens with one attached hydrogen (secondary N) is 2. The van der Waals surface area contributed by atoms with Gasteiger partial charge in [-0.05, 0) is 45.7 Å². The molecular weight excluding hydrogens is 405 g/mol. The van der Waals surface area contributed by atoms with E-state index < -0.39 is 0 Å². The minimum absolute atomic E-state index is 0. The topological polar surface area (TPSA) is 60.0 Å². The molecule has 2 heterocycles. The number of likely N-dealkylation sites (tertiary alicyclic amines) is 2. The van der Waals surface area contributed by atoms with E-state index in [1.165, 1.54) is 13.0 Å². The fourth-order valence-electron chi connectivity index (χ4n) is 3.15. The second kappa shape index (κ2) is 11.1. The molecule has 2 N–H and O–H groups in total. The molecule has 2 aliphatic rings. The van der Waals surface area contributed by atoms with Crippen LogP contribution in [0.2, 0.25) is 0 Å². The van der Waals surface area contributed by atoms with Crippen LogP contribution in [-0.2, 0) is 4.79 Å². The molecule has 0 aromatic heterocycles. The van der Waals surface area contributed by atoms with E-state index in [0.29, 0.717) is 11.8 Å². The summed E-state index contributed by atoms with van der Waals surface area (Å²) < 4.78 is 0. The second-order valence-electron chi connectivity index (χ2n) is 6.40. The normalized spacial score (nSPS) is 22.3. The van der Waals surface area contributed by atoms with Crippen molar-refractivity contribution in [3.05, 3.63) is 0 Å². The summed E-state index contributed by atoms with van der Waals surface area (Å²) in [4.78, 5) is 20.6. The summed E-state index contributed by atoms with van der Waals surface area (Å²) in [6.07, 6.45) is 3.97. The monoisotopic (exact) mass is 437 g/mol. The van der Waals surface area contributed by atoms with Crippen LogP contribution in [-0.4, -0.2) is 74.5 Å². The summed E-state index contributed by atoms with van der Waals surface area (Å²) >= 11 is 0. The first-order chi connectivity index (χ1) is 10.7. The quantitative estimate of drug-likeness (QED) is 0.271. The molecule has 1 atom stereocenters. The lowest BCUT2D eigenvalue weighted by Gasteiger charge is -2.17. The Labute approximate surface area is 157 Å². The number of carbonyl (C=O) groups is 1. The van der Waals surface area contributed by atoms with Gasteiger partial charge in [0, 0.05) is 45.7 Å². The lowest BCUT2D eigenvalue weighted by Crippen LogP contribution is -2.39. The predicted octanol–water partition coefficient (Wildman–Crippen LogP) is 1.12. The van der Waals surface area contributed by atoms with Gasteiger partial charge in [-0.15, -0.1) is 24.0 Å². The van der Waals surface area contributed by atoms with Crippen molar-refractivity contribution in [2.75, 3.05) is 52.9 Å². The predicted molar refractivity (Wildman–Crippen MR) is 105 cm³/mol. The Morgan fingerprint density at radius 1 is 1.35 bits per heavy atom. The van der Waals surface area contributed by atoms with Crippen molar-refractivity contribution in [3.63, 3.8) is 0 Å². The van der Waals surface area contributed by atoms with Crippen molar-refractivity contribution in [2.45, 2.75) is 32.6 Å². The van der Waals surface area contributed by atoms with Crippen LogP contribution in [0.3, 0.4) is 0 Å². The number of hydrogen-bond donors (Lipinski definition) is 2. The number of aliphatic imine (C=N–C) groups is 1. The third-order valence-electron chi connectivity index (χ3n) is 4.41. The molecule has 134 valence electrons. The van der Waals surface area contributed by atoms with Gasteiger partial charge in [0.2, 0.25) is 5.91 Å². The maximum Gasteiger partial charge on any atom is 0.222 e. The molecule has 0 aromatic carbocycles. The van der Waals surface area contributed by atoms with Gasteiger partial charge in [-0.2, -0.15) is 0 Å². The van der Waals surface area contributed by atoms with Gasteiger partial charge >= 0.3 is 0 Å². The van der Waals surface area contributed by atoms with Gasteiger partial charge in [0.15, 0.2) is 5.96 Å². The van der Waals surface area contributed by atoms with E-state index >= 15 is 0 Å². The molecule has 0 bridgehead atoms. The molecule has 23 heavy (non-hydrogen) atoms. The first-order valence-corrected chi connectivity index (χ1v) is 8.67. The number of amides is 1. The fourth-order valence-corrected chi connectivity index (χ4v) is 3.15. The highest BCUT2D eigenvalue weighted by atomic mass is 127. The van der Waals surface area contributed by atoms with Crippen LogP contribution in [0.15, 0.2) is 4.99 Å². The van der Waals surface area contributed by atoms with Gasteiger partial charge in [0.25, 0.3) is 0 Å². The second-order valence-corrected chi connectivity index (χ2v) is 6.40. The van der Waals surface area contributed by atoms with Gasteiger partial charge in [0.1, 0.15) is 0 Å². The van der Waals surface area contributed by atoms with Crippen LogP contribution in [0.1, 0.15) is 32.6 Å². The summed E-state index contributed by atoms with van der Waals surface area (Å²) in [5.41, 5.74) is 0. The van der Waals surface area contributed by atoms with E-state index in [1.54, 1.807) is 0 Å². The SMILES string of the molecule is CCNC(=NCC1CCN(C)C1)NCCCN1CCCC1=O.I. The summed E-state index contributed by atoms with van der Waals surface area (Å²) in [5.74, 6) is 1.90. The van der Waals surface area contributed by atoms with E-state index in [-0.39, 0.29) is 24.0 Å². The smallest absolute Gasteiger partial charge is 0.222 e. The molecular formula is C16H32IN5O.